The molecule has 1 aliphatic heterocycles. The van der Waals surface area contributed by atoms with E-state index in [1.165, 1.54) is 0 Å². The maximum absolute atomic E-state index is 6.02. The van der Waals surface area contributed by atoms with Crippen molar-refractivity contribution in [3.63, 3.8) is 0 Å². The molecule has 0 amide bonds. The monoisotopic (exact) mass is 208 g/mol. The lowest BCUT2D eigenvalue weighted by Crippen LogP contribution is -2.36. The van der Waals surface area contributed by atoms with Crippen molar-refractivity contribution >= 4 is 11.4 Å². The van der Waals surface area contributed by atoms with Crippen LogP contribution in [0.4, 0.5) is 11.4 Å². The molecule has 1 aromatic rings. The van der Waals surface area contributed by atoms with Crippen molar-refractivity contribution in [2.24, 2.45) is 0 Å². The minimum absolute atomic E-state index is 0.710. The highest BCUT2D eigenvalue weighted by molar-refractivity contribution is 5.74. The molecule has 4 heteroatoms. The molecule has 0 aliphatic carbocycles. The first-order valence-corrected chi connectivity index (χ1v) is 5.08. The van der Waals surface area contributed by atoms with Crippen molar-refractivity contribution in [1.29, 1.82) is 0 Å². The van der Waals surface area contributed by atoms with Gasteiger partial charge in [-0.25, -0.2) is 0 Å². The van der Waals surface area contributed by atoms with Crippen LogP contribution in [0.5, 0.6) is 5.75 Å². The Morgan fingerprint density at radius 1 is 1.33 bits per heavy atom. The number of nitrogens with two attached hydrogens (primary N) is 1. The third-order valence-corrected chi connectivity index (χ3v) is 2.61. The number of nitrogens with zero attached hydrogens (tertiary/aromatic N) is 1. The predicted octanol–water partition coefficient (Wildman–Crippen LogP) is 1.11. The van der Waals surface area contributed by atoms with E-state index in [4.69, 9.17) is 15.2 Å². The topological polar surface area (TPSA) is 47.7 Å². The van der Waals surface area contributed by atoms with Crippen molar-refractivity contribution in [3.05, 3.63) is 18.2 Å². The summed E-state index contributed by atoms with van der Waals surface area (Å²) in [5, 5.41) is 0. The van der Waals surface area contributed by atoms with Crippen molar-refractivity contribution in [2.45, 2.75) is 0 Å². The Hall–Kier alpha value is -1.42. The van der Waals surface area contributed by atoms with Crippen LogP contribution in [-0.4, -0.2) is 33.4 Å². The second-order valence-electron chi connectivity index (χ2n) is 3.49. The van der Waals surface area contributed by atoms with Crippen LogP contribution in [0.3, 0.4) is 0 Å². The number of nitrogen functional groups attached to an aromatic ring is 1. The first-order chi connectivity index (χ1) is 7.33. The molecule has 15 heavy (non-hydrogen) atoms. The van der Waals surface area contributed by atoms with E-state index in [-0.39, 0.29) is 0 Å². The molecule has 0 aromatic heterocycles. The normalized spacial score (nSPS) is 16.5. The third-order valence-electron chi connectivity index (χ3n) is 2.61. The lowest BCUT2D eigenvalue weighted by Gasteiger charge is -2.30. The van der Waals surface area contributed by atoms with Crippen LogP contribution in [0.1, 0.15) is 0 Å². The third kappa shape index (κ3) is 1.99. The van der Waals surface area contributed by atoms with Crippen LogP contribution in [-0.2, 0) is 4.74 Å². The molecule has 1 aromatic carbocycles. The summed E-state index contributed by atoms with van der Waals surface area (Å²) in [5.74, 6) is 0.735. The Morgan fingerprint density at radius 2 is 2.07 bits per heavy atom. The van der Waals surface area contributed by atoms with Gasteiger partial charge in [0.05, 0.1) is 31.7 Å². The van der Waals surface area contributed by atoms with Crippen molar-refractivity contribution < 1.29 is 9.47 Å². The number of hydrogen-bond acceptors (Lipinski definition) is 4. The lowest BCUT2D eigenvalue weighted by atomic mass is 10.2. The molecule has 0 saturated carbocycles. The summed E-state index contributed by atoms with van der Waals surface area (Å²) in [6, 6.07) is 5.85. The summed E-state index contributed by atoms with van der Waals surface area (Å²) < 4.78 is 10.5. The zero-order valence-corrected chi connectivity index (χ0v) is 8.90. The largest absolute Gasteiger partial charge is 0.495 e. The molecule has 2 rings (SSSR count). The number of benzene rings is 1. The summed E-state index contributed by atoms with van der Waals surface area (Å²) >= 11 is 0. The Labute approximate surface area is 89.6 Å². The molecule has 0 radical (unpaired) electrons. The van der Waals surface area contributed by atoms with Crippen molar-refractivity contribution in [2.75, 3.05) is 44.0 Å². The zero-order chi connectivity index (χ0) is 10.7. The molecule has 1 saturated heterocycles. The number of methoxy groups -OCH3 is 1. The minimum atomic E-state index is 0.710. The zero-order valence-electron chi connectivity index (χ0n) is 8.90. The van der Waals surface area contributed by atoms with E-state index in [1.54, 1.807) is 7.11 Å². The van der Waals surface area contributed by atoms with E-state index < -0.39 is 0 Å². The van der Waals surface area contributed by atoms with Crippen LogP contribution >= 0.6 is 0 Å². The van der Waals surface area contributed by atoms with E-state index in [0.717, 1.165) is 37.7 Å². The Kier molecular flexibility index (Phi) is 2.97. The van der Waals surface area contributed by atoms with Crippen LogP contribution < -0.4 is 15.4 Å². The van der Waals surface area contributed by atoms with Gasteiger partial charge in [0, 0.05) is 13.1 Å². The Balaban J connectivity index is 2.26. The number of anilines is 2. The number of morpholine rings is 1. The quantitative estimate of drug-likeness (QED) is 0.740. The van der Waals surface area contributed by atoms with Gasteiger partial charge in [-0.2, -0.15) is 0 Å². The van der Waals surface area contributed by atoms with Gasteiger partial charge in [0.15, 0.2) is 0 Å². The van der Waals surface area contributed by atoms with Gasteiger partial charge in [0.2, 0.25) is 0 Å². The molecule has 0 spiro atoms. The van der Waals surface area contributed by atoms with Gasteiger partial charge in [-0.1, -0.05) is 6.07 Å². The van der Waals surface area contributed by atoms with Gasteiger partial charge in [-0.15, -0.1) is 0 Å². The maximum Gasteiger partial charge on any atom is 0.143 e. The van der Waals surface area contributed by atoms with Gasteiger partial charge in [-0.05, 0) is 12.1 Å². The van der Waals surface area contributed by atoms with E-state index in [9.17, 15) is 0 Å². The van der Waals surface area contributed by atoms with Crippen LogP contribution in [0, 0.1) is 0 Å². The molecule has 0 bridgehead atoms. The van der Waals surface area contributed by atoms with Crippen molar-refractivity contribution in [1.82, 2.24) is 0 Å². The molecule has 1 aliphatic rings. The molecule has 2 N–H and O–H groups in total. The lowest BCUT2D eigenvalue weighted by molar-refractivity contribution is 0.123. The average Bonchev–Trinajstić information content (AvgIpc) is 2.30. The molecule has 0 unspecified atom stereocenters. The molecular weight excluding hydrogens is 192 g/mol. The smallest absolute Gasteiger partial charge is 0.143 e. The van der Waals surface area contributed by atoms with Crippen LogP contribution in [0.25, 0.3) is 0 Å². The highest BCUT2D eigenvalue weighted by atomic mass is 16.5. The van der Waals surface area contributed by atoms with Gasteiger partial charge in [0.1, 0.15) is 5.75 Å². The maximum atomic E-state index is 6.02. The SMILES string of the molecule is COc1cccc(N2CCOCC2)c1N. The molecular formula is C11H16N2O2. The predicted molar refractivity (Wildman–Crippen MR) is 60.4 cm³/mol. The summed E-state index contributed by atoms with van der Waals surface area (Å²) in [6.45, 7) is 3.29. The van der Waals surface area contributed by atoms with Gasteiger partial charge in [-0.3, -0.25) is 0 Å². The van der Waals surface area contributed by atoms with E-state index in [0.29, 0.717) is 5.69 Å². The highest BCUT2D eigenvalue weighted by Gasteiger charge is 2.15. The molecule has 0 atom stereocenters. The fourth-order valence-electron chi connectivity index (χ4n) is 1.79. The number of rotatable bonds is 2. The van der Waals surface area contributed by atoms with E-state index in [2.05, 4.69) is 4.90 Å². The standard InChI is InChI=1S/C11H16N2O2/c1-14-10-4-2-3-9(11(10)12)13-5-7-15-8-6-13/h2-4H,5-8,12H2,1H3. The number of ether oxygens (including phenoxy) is 2. The van der Waals surface area contributed by atoms with Crippen LogP contribution in [0.2, 0.25) is 0 Å². The summed E-state index contributed by atoms with van der Waals surface area (Å²) in [4.78, 5) is 2.22. The fourth-order valence-corrected chi connectivity index (χ4v) is 1.79. The molecule has 82 valence electrons. The number of hydrogen-bond donors (Lipinski definition) is 1. The molecule has 1 fully saturated rings. The highest BCUT2D eigenvalue weighted by Crippen LogP contribution is 2.32. The van der Waals surface area contributed by atoms with Crippen molar-refractivity contribution in [3.8, 4) is 5.75 Å². The molecule has 1 heterocycles. The average molecular weight is 208 g/mol. The fraction of sp³-hybridized carbons (Fsp3) is 0.455. The first-order valence-electron chi connectivity index (χ1n) is 5.08. The Morgan fingerprint density at radius 3 is 2.73 bits per heavy atom. The second-order valence-corrected chi connectivity index (χ2v) is 3.49. The second kappa shape index (κ2) is 4.40. The first kappa shape index (κ1) is 10.1. The number of para-hydroxylation sites is 1. The summed E-state index contributed by atoms with van der Waals surface area (Å²) in [6.07, 6.45) is 0. The van der Waals surface area contributed by atoms with Gasteiger partial charge in [0.25, 0.3) is 0 Å². The van der Waals surface area contributed by atoms with E-state index >= 15 is 0 Å². The Bertz CT molecular complexity index is 335. The molecule has 4 nitrogen and oxygen atoms in total. The van der Waals surface area contributed by atoms with E-state index in [1.807, 2.05) is 18.2 Å². The minimum Gasteiger partial charge on any atom is -0.495 e. The summed E-state index contributed by atoms with van der Waals surface area (Å²) in [7, 11) is 1.63. The van der Waals surface area contributed by atoms with Gasteiger partial charge < -0.3 is 20.1 Å². The summed E-state index contributed by atoms with van der Waals surface area (Å²) in [5.41, 5.74) is 7.77. The van der Waals surface area contributed by atoms with Gasteiger partial charge >= 0.3 is 0 Å². The van der Waals surface area contributed by atoms with Crippen LogP contribution in [0.15, 0.2) is 18.2 Å².